The summed E-state index contributed by atoms with van der Waals surface area (Å²) in [6.45, 7) is 0. The van der Waals surface area contributed by atoms with Gasteiger partial charge in [0.25, 0.3) is 0 Å². The summed E-state index contributed by atoms with van der Waals surface area (Å²) >= 11 is 0. The van der Waals surface area contributed by atoms with Crippen LogP contribution in [0.2, 0.25) is 0 Å². The maximum absolute atomic E-state index is 9.40. The minimum Gasteiger partial charge on any atom is -0.357 e. The Labute approximate surface area is 290 Å². The number of benzene rings is 3. The third-order valence-corrected chi connectivity index (χ3v) is 7.18. The summed E-state index contributed by atoms with van der Waals surface area (Å²) in [5.41, 5.74) is 5.30. The van der Waals surface area contributed by atoms with Gasteiger partial charge in [0.15, 0.2) is 0 Å². The zero-order valence-electron chi connectivity index (χ0n) is 23.6. The molecule has 0 fully saturated rings. The Morgan fingerprint density at radius 3 is 1.29 bits per heavy atom. The SMILES string of the molecule is C.C.CS(=O)(=O)Cl.[Cu+2].c1ccc2c(c1)-c1nc-2nc2[n-]c(nc3nc(nc4[n-]c(n1)c1ccccc41)-c1cccnc1-3)c1ccccc21. The number of aromatic nitrogens is 9. The third-order valence-electron chi connectivity index (χ3n) is 7.18. The fraction of sp³-hybridized carbons (Fsp3) is 0.0882. The van der Waals surface area contributed by atoms with Crippen LogP contribution in [0.5, 0.6) is 0 Å². The van der Waals surface area contributed by atoms with E-state index < -0.39 is 9.05 Å². The van der Waals surface area contributed by atoms with E-state index in [1.54, 1.807) is 6.20 Å². The minimum atomic E-state index is -3.19. The fourth-order valence-corrected chi connectivity index (χ4v) is 5.33. The van der Waals surface area contributed by atoms with Crippen molar-refractivity contribution in [2.75, 3.05) is 6.26 Å². The predicted octanol–water partition coefficient (Wildman–Crippen LogP) is 6.98. The summed E-state index contributed by atoms with van der Waals surface area (Å²) in [5.74, 6) is 2.01. The van der Waals surface area contributed by atoms with E-state index in [1.165, 1.54) is 0 Å². The van der Waals surface area contributed by atoms with Crippen LogP contribution in [0.25, 0.3) is 89.8 Å². The van der Waals surface area contributed by atoms with E-state index in [1.807, 2.05) is 84.9 Å². The van der Waals surface area contributed by atoms with Crippen LogP contribution in [-0.4, -0.2) is 49.6 Å². The first kappa shape index (κ1) is 34.3. The number of pyridine rings is 1. The molecule has 0 N–H and O–H groups in total. The number of nitrogens with zero attached hydrogens (tertiary/aromatic N) is 9. The number of hydrogen-bond acceptors (Lipinski definition) is 9. The first-order valence-corrected chi connectivity index (χ1v) is 16.4. The standard InChI is InChI=1S/C31H15N9.CH3ClO2S.2CH4.Cu/c1-2-9-17-16(8-1)24-33-25(17)35-27-20-12-5-6-13-21(20)29(37-27)39-31-23-22(14-7-15-32-23)30(40-31)38-28-19-11-4-3-10-18(19)26(34-24)36-28;1-5(2,3)4;;;/h1-15H;1H3;2*1H4;/q-2;;;;+2. The van der Waals surface area contributed by atoms with Gasteiger partial charge in [-0.3, -0.25) is 4.98 Å². The van der Waals surface area contributed by atoms with E-state index >= 15 is 0 Å². The van der Waals surface area contributed by atoms with Gasteiger partial charge in [-0.15, -0.1) is 0 Å². The smallest absolute Gasteiger partial charge is 0.357 e. The maximum atomic E-state index is 9.40. The molecule has 8 bridgehead atoms. The van der Waals surface area contributed by atoms with Gasteiger partial charge in [0.1, 0.15) is 11.5 Å². The molecule has 6 heterocycles. The second-order valence-corrected chi connectivity index (χ2v) is 13.2. The average molecular weight is 724 g/mol. The van der Waals surface area contributed by atoms with E-state index in [2.05, 4.69) is 15.7 Å². The molecular formula is C34H26ClCuN9O2S. The Bertz CT molecular complexity index is 2300. The van der Waals surface area contributed by atoms with Crippen LogP contribution < -0.4 is 9.97 Å². The summed E-state index contributed by atoms with van der Waals surface area (Å²) in [4.78, 5) is 43.6. The van der Waals surface area contributed by atoms with Crippen LogP contribution in [0.4, 0.5) is 0 Å². The van der Waals surface area contributed by atoms with Gasteiger partial charge in [-0.25, -0.2) is 18.4 Å². The van der Waals surface area contributed by atoms with Gasteiger partial charge in [0, 0.05) is 56.2 Å². The molecule has 0 atom stereocenters. The topological polar surface area (TPSA) is 153 Å². The molecule has 243 valence electrons. The molecule has 0 saturated carbocycles. The first-order chi connectivity index (χ1) is 21.8. The van der Waals surface area contributed by atoms with Crippen molar-refractivity contribution in [3.05, 3.63) is 91.1 Å². The monoisotopic (exact) mass is 722 g/mol. The van der Waals surface area contributed by atoms with Crippen molar-refractivity contribution < 1.29 is 25.5 Å². The fourth-order valence-electron chi connectivity index (χ4n) is 5.33. The number of fused-ring (bicyclic) bond motifs is 20. The molecule has 0 amide bonds. The predicted molar refractivity (Wildman–Crippen MR) is 186 cm³/mol. The second-order valence-electron chi connectivity index (χ2n) is 10.2. The first-order valence-electron chi connectivity index (χ1n) is 13.6. The quantitative estimate of drug-likeness (QED) is 0.118. The molecule has 11 nitrogen and oxygen atoms in total. The van der Waals surface area contributed by atoms with Gasteiger partial charge in [-0.2, -0.15) is 0 Å². The molecule has 1 radical (unpaired) electrons. The minimum absolute atomic E-state index is 0. The number of rotatable bonds is 0. The Balaban J connectivity index is 0.000000528. The normalized spacial score (nSPS) is 11.2. The van der Waals surface area contributed by atoms with Gasteiger partial charge >= 0.3 is 17.1 Å². The van der Waals surface area contributed by atoms with Crippen molar-refractivity contribution in [3.8, 4) is 45.7 Å². The summed E-state index contributed by atoms with van der Waals surface area (Å²) in [5, 5.41) is 3.49. The summed E-state index contributed by atoms with van der Waals surface area (Å²) in [6, 6.07) is 27.5. The average Bonchev–Trinajstić information content (AvgIpc) is 3.76. The Hall–Kier alpha value is -5.07. The Morgan fingerprint density at radius 2 is 0.854 bits per heavy atom. The Morgan fingerprint density at radius 1 is 0.521 bits per heavy atom. The van der Waals surface area contributed by atoms with Crippen LogP contribution in [0.1, 0.15) is 14.9 Å². The molecular weight excluding hydrogens is 698 g/mol. The van der Waals surface area contributed by atoms with E-state index in [0.717, 1.165) is 44.5 Å². The van der Waals surface area contributed by atoms with Crippen molar-refractivity contribution in [1.29, 1.82) is 0 Å². The van der Waals surface area contributed by atoms with Crippen LogP contribution in [0.3, 0.4) is 0 Å². The van der Waals surface area contributed by atoms with Crippen molar-refractivity contribution in [2.24, 2.45) is 0 Å². The van der Waals surface area contributed by atoms with Crippen LogP contribution in [0.15, 0.2) is 91.1 Å². The van der Waals surface area contributed by atoms with Crippen molar-refractivity contribution in [3.63, 3.8) is 0 Å². The molecule has 3 aromatic carbocycles. The van der Waals surface area contributed by atoms with Gasteiger partial charge in [0.05, 0.1) is 23.7 Å². The molecule has 4 aromatic heterocycles. The van der Waals surface area contributed by atoms with E-state index in [9.17, 15) is 8.42 Å². The Kier molecular flexibility index (Phi) is 9.43. The van der Waals surface area contributed by atoms with E-state index in [4.69, 9.17) is 39.9 Å². The zero-order valence-corrected chi connectivity index (χ0v) is 26.1. The van der Waals surface area contributed by atoms with E-state index in [0.29, 0.717) is 51.6 Å². The largest absolute Gasteiger partial charge is 2.00 e. The van der Waals surface area contributed by atoms with Crippen LogP contribution >= 0.6 is 10.7 Å². The third kappa shape index (κ3) is 6.16. The van der Waals surface area contributed by atoms with Gasteiger partial charge < -0.3 is 29.9 Å². The second kappa shape index (κ2) is 13.2. The van der Waals surface area contributed by atoms with Gasteiger partial charge in [0.2, 0.25) is 9.05 Å². The number of halogens is 1. The molecule has 9 rings (SSSR count). The van der Waals surface area contributed by atoms with Crippen molar-refractivity contribution in [2.45, 2.75) is 14.9 Å². The zero-order chi connectivity index (χ0) is 30.7. The molecule has 0 spiro atoms. The summed E-state index contributed by atoms with van der Waals surface area (Å²) < 4.78 is 18.8. The molecule has 2 aliphatic rings. The van der Waals surface area contributed by atoms with Crippen LogP contribution in [0, 0.1) is 0 Å². The molecule has 0 aliphatic carbocycles. The van der Waals surface area contributed by atoms with Crippen LogP contribution in [-0.2, 0) is 26.1 Å². The molecule has 0 unspecified atom stereocenters. The number of hydrogen-bond donors (Lipinski definition) is 0. The van der Waals surface area contributed by atoms with Crippen molar-refractivity contribution in [1.82, 2.24) is 44.9 Å². The molecule has 2 aliphatic heterocycles. The molecule has 0 saturated heterocycles. The van der Waals surface area contributed by atoms with Gasteiger partial charge in [-0.05, 0) is 33.7 Å². The summed E-state index contributed by atoms with van der Waals surface area (Å²) in [6.07, 6.45) is 2.65. The molecule has 7 aromatic rings. The summed E-state index contributed by atoms with van der Waals surface area (Å²) in [7, 11) is 1.31. The van der Waals surface area contributed by atoms with Gasteiger partial charge in [-0.1, -0.05) is 87.6 Å². The van der Waals surface area contributed by atoms with Crippen molar-refractivity contribution >= 4 is 63.9 Å². The maximum Gasteiger partial charge on any atom is 2.00 e. The molecule has 14 heteroatoms. The van der Waals surface area contributed by atoms with E-state index in [-0.39, 0.29) is 31.9 Å². The molecule has 48 heavy (non-hydrogen) atoms.